The van der Waals surface area contributed by atoms with Gasteiger partial charge in [-0.25, -0.2) is 0 Å². The van der Waals surface area contributed by atoms with Crippen molar-refractivity contribution in [2.75, 3.05) is 0 Å². The lowest BCUT2D eigenvalue weighted by molar-refractivity contribution is -0.137. The highest BCUT2D eigenvalue weighted by Crippen LogP contribution is 1.96. The zero-order valence-corrected chi connectivity index (χ0v) is 7.53. The molecule has 0 aliphatic carbocycles. The lowest BCUT2D eigenvalue weighted by Crippen LogP contribution is -2.44. The summed E-state index contributed by atoms with van der Waals surface area (Å²) in [5.74, 6) is -2.37. The van der Waals surface area contributed by atoms with Crippen LogP contribution in [-0.4, -0.2) is 28.9 Å². The van der Waals surface area contributed by atoms with E-state index in [2.05, 4.69) is 11.9 Å². The molecule has 0 aromatic carbocycles. The highest BCUT2D eigenvalue weighted by molar-refractivity contribution is 5.92. The monoisotopic (exact) mass is 200 g/mol. The van der Waals surface area contributed by atoms with E-state index >= 15 is 0 Å². The zero-order valence-electron chi connectivity index (χ0n) is 7.53. The number of carboxylic acid groups (broad SMARTS) is 1. The maximum Gasteiger partial charge on any atom is 0.303 e. The van der Waals surface area contributed by atoms with Crippen molar-refractivity contribution in [2.45, 2.75) is 18.9 Å². The standard InChI is InChI=1S/C8H12N2O4/c1-2-6(11)10-5(8(9)14)3-4-7(12)13/h2,5H,1,3-4H2,(H2,9,14)(H,10,11)(H,12,13). The summed E-state index contributed by atoms with van der Waals surface area (Å²) in [7, 11) is 0. The number of rotatable bonds is 6. The minimum absolute atomic E-state index is 0.0236. The summed E-state index contributed by atoms with van der Waals surface area (Å²) in [6.45, 7) is 3.19. The fourth-order valence-electron chi connectivity index (χ4n) is 0.784. The minimum Gasteiger partial charge on any atom is -0.481 e. The summed E-state index contributed by atoms with van der Waals surface area (Å²) in [6.07, 6.45) is 0.728. The van der Waals surface area contributed by atoms with E-state index in [1.807, 2.05) is 0 Å². The van der Waals surface area contributed by atoms with Crippen LogP contribution in [0.2, 0.25) is 0 Å². The van der Waals surface area contributed by atoms with E-state index in [0.29, 0.717) is 0 Å². The van der Waals surface area contributed by atoms with E-state index in [0.717, 1.165) is 6.08 Å². The number of primary amides is 1. The number of carbonyl (C=O) groups is 3. The molecule has 14 heavy (non-hydrogen) atoms. The van der Waals surface area contributed by atoms with Crippen molar-refractivity contribution in [3.63, 3.8) is 0 Å². The number of hydrogen-bond acceptors (Lipinski definition) is 3. The third kappa shape index (κ3) is 4.91. The fourth-order valence-corrected chi connectivity index (χ4v) is 0.784. The van der Waals surface area contributed by atoms with Crippen molar-refractivity contribution in [1.82, 2.24) is 5.32 Å². The molecule has 0 aliphatic heterocycles. The van der Waals surface area contributed by atoms with Gasteiger partial charge in [-0.2, -0.15) is 0 Å². The maximum absolute atomic E-state index is 10.8. The lowest BCUT2D eigenvalue weighted by atomic mass is 10.1. The van der Waals surface area contributed by atoms with E-state index in [1.54, 1.807) is 0 Å². The van der Waals surface area contributed by atoms with Gasteiger partial charge in [0.15, 0.2) is 0 Å². The number of aliphatic carboxylic acids is 1. The van der Waals surface area contributed by atoms with Crippen molar-refractivity contribution < 1.29 is 19.5 Å². The Morgan fingerprint density at radius 3 is 2.43 bits per heavy atom. The Bertz CT molecular complexity index is 262. The first-order chi connectivity index (χ1) is 6.47. The van der Waals surface area contributed by atoms with Gasteiger partial charge in [-0.05, 0) is 12.5 Å². The second-order valence-corrected chi connectivity index (χ2v) is 2.60. The van der Waals surface area contributed by atoms with Crippen molar-refractivity contribution in [2.24, 2.45) is 5.73 Å². The van der Waals surface area contributed by atoms with E-state index < -0.39 is 23.8 Å². The average molecular weight is 200 g/mol. The van der Waals surface area contributed by atoms with Gasteiger partial charge < -0.3 is 16.2 Å². The smallest absolute Gasteiger partial charge is 0.303 e. The van der Waals surface area contributed by atoms with Crippen LogP contribution in [0.15, 0.2) is 12.7 Å². The molecule has 0 rings (SSSR count). The Morgan fingerprint density at radius 1 is 1.50 bits per heavy atom. The lowest BCUT2D eigenvalue weighted by Gasteiger charge is -2.12. The third-order valence-corrected chi connectivity index (χ3v) is 1.49. The van der Waals surface area contributed by atoms with Crippen LogP contribution in [0.3, 0.4) is 0 Å². The molecule has 4 N–H and O–H groups in total. The number of nitrogens with one attached hydrogen (secondary N) is 1. The molecule has 1 unspecified atom stereocenters. The molecule has 1 atom stereocenters. The topological polar surface area (TPSA) is 109 Å². The minimum atomic E-state index is -1.05. The Labute approximate surface area is 80.8 Å². The Morgan fingerprint density at radius 2 is 2.07 bits per heavy atom. The first-order valence-corrected chi connectivity index (χ1v) is 3.91. The predicted molar refractivity (Wildman–Crippen MR) is 48.2 cm³/mol. The molecule has 0 fully saturated rings. The Balaban J connectivity index is 4.15. The molecule has 0 radical (unpaired) electrons. The van der Waals surface area contributed by atoms with Gasteiger partial charge >= 0.3 is 5.97 Å². The SMILES string of the molecule is C=CC(=O)NC(CCC(=O)O)C(N)=O. The summed E-state index contributed by atoms with van der Waals surface area (Å²) in [6, 6.07) is -0.961. The number of carbonyl (C=O) groups excluding carboxylic acids is 2. The molecule has 6 nitrogen and oxygen atoms in total. The molecule has 0 saturated heterocycles. The first-order valence-electron chi connectivity index (χ1n) is 3.91. The van der Waals surface area contributed by atoms with Crippen LogP contribution in [0.4, 0.5) is 0 Å². The van der Waals surface area contributed by atoms with Crippen molar-refractivity contribution >= 4 is 17.8 Å². The molecule has 0 aromatic heterocycles. The normalized spacial score (nSPS) is 11.4. The summed E-state index contributed by atoms with van der Waals surface area (Å²) in [4.78, 5) is 31.7. The van der Waals surface area contributed by atoms with Gasteiger partial charge in [0.05, 0.1) is 0 Å². The molecule has 0 aliphatic rings. The van der Waals surface area contributed by atoms with Crippen LogP contribution in [0.1, 0.15) is 12.8 Å². The molecular weight excluding hydrogens is 188 g/mol. The molecular formula is C8H12N2O4. The van der Waals surface area contributed by atoms with Gasteiger partial charge in [0.2, 0.25) is 11.8 Å². The number of nitrogens with two attached hydrogens (primary N) is 1. The van der Waals surface area contributed by atoms with E-state index in [9.17, 15) is 14.4 Å². The van der Waals surface area contributed by atoms with E-state index in [4.69, 9.17) is 10.8 Å². The molecule has 2 amide bonds. The second-order valence-electron chi connectivity index (χ2n) is 2.60. The molecule has 0 bridgehead atoms. The number of amides is 2. The van der Waals surface area contributed by atoms with Crippen LogP contribution in [0, 0.1) is 0 Å². The highest BCUT2D eigenvalue weighted by Gasteiger charge is 2.17. The zero-order chi connectivity index (χ0) is 11.1. The Hall–Kier alpha value is -1.85. The molecule has 0 spiro atoms. The Kier molecular flexibility index (Phi) is 4.98. The van der Waals surface area contributed by atoms with Crippen molar-refractivity contribution in [1.29, 1.82) is 0 Å². The van der Waals surface area contributed by atoms with Gasteiger partial charge in [-0.1, -0.05) is 6.58 Å². The summed E-state index contributed by atoms with van der Waals surface area (Å²) in [5.41, 5.74) is 4.95. The molecule has 6 heteroatoms. The van der Waals surface area contributed by atoms with Crippen LogP contribution >= 0.6 is 0 Å². The van der Waals surface area contributed by atoms with Crippen LogP contribution in [-0.2, 0) is 14.4 Å². The number of carboxylic acids is 1. The van der Waals surface area contributed by atoms with Gasteiger partial charge in [-0.15, -0.1) is 0 Å². The van der Waals surface area contributed by atoms with E-state index in [-0.39, 0.29) is 12.8 Å². The van der Waals surface area contributed by atoms with Crippen molar-refractivity contribution in [3.05, 3.63) is 12.7 Å². The summed E-state index contributed by atoms with van der Waals surface area (Å²) in [5, 5.41) is 10.6. The van der Waals surface area contributed by atoms with Gasteiger partial charge in [0, 0.05) is 6.42 Å². The second kappa shape index (κ2) is 5.74. The van der Waals surface area contributed by atoms with Gasteiger partial charge in [-0.3, -0.25) is 14.4 Å². The summed E-state index contributed by atoms with van der Waals surface area (Å²) < 4.78 is 0. The predicted octanol–water partition coefficient (Wildman–Crippen LogP) is -0.993. The van der Waals surface area contributed by atoms with E-state index in [1.165, 1.54) is 0 Å². The third-order valence-electron chi connectivity index (χ3n) is 1.49. The molecule has 0 saturated carbocycles. The molecule has 78 valence electrons. The van der Waals surface area contributed by atoms with Crippen LogP contribution in [0.5, 0.6) is 0 Å². The largest absolute Gasteiger partial charge is 0.481 e. The number of hydrogen-bond donors (Lipinski definition) is 3. The van der Waals surface area contributed by atoms with Crippen molar-refractivity contribution in [3.8, 4) is 0 Å². The molecule has 0 heterocycles. The highest BCUT2D eigenvalue weighted by atomic mass is 16.4. The van der Waals surface area contributed by atoms with Gasteiger partial charge in [0.1, 0.15) is 6.04 Å². The van der Waals surface area contributed by atoms with Crippen LogP contribution in [0.25, 0.3) is 0 Å². The van der Waals surface area contributed by atoms with Gasteiger partial charge in [0.25, 0.3) is 0 Å². The average Bonchev–Trinajstić information content (AvgIpc) is 2.10. The molecule has 0 aromatic rings. The first kappa shape index (κ1) is 12.2. The quantitative estimate of drug-likeness (QED) is 0.478. The fraction of sp³-hybridized carbons (Fsp3) is 0.375. The summed E-state index contributed by atoms with van der Waals surface area (Å²) >= 11 is 0. The maximum atomic E-state index is 10.8. The van der Waals surface area contributed by atoms with Crippen LogP contribution < -0.4 is 11.1 Å².